The number of nitrogens with zero attached hydrogens (tertiary/aromatic N) is 2. The molecule has 2 aromatic rings. The number of hydrogen-bond acceptors (Lipinski definition) is 3. The van der Waals surface area contributed by atoms with Gasteiger partial charge in [-0.05, 0) is 37.1 Å². The largest absolute Gasteiger partial charge is 0.375 e. The third kappa shape index (κ3) is 4.14. The Morgan fingerprint density at radius 1 is 1.00 bits per heavy atom. The molecule has 1 unspecified atom stereocenters. The van der Waals surface area contributed by atoms with Crippen LogP contribution in [0.5, 0.6) is 0 Å². The van der Waals surface area contributed by atoms with Crippen molar-refractivity contribution in [3.05, 3.63) is 71.8 Å². The van der Waals surface area contributed by atoms with E-state index in [0.29, 0.717) is 0 Å². The predicted molar refractivity (Wildman–Crippen MR) is 104 cm³/mol. The molecule has 4 nitrogen and oxygen atoms in total. The molecular formula is C22H28N2O2. The smallest absolute Gasteiger partial charge is 0.248 e. The van der Waals surface area contributed by atoms with Crippen LogP contribution in [0.4, 0.5) is 0 Å². The van der Waals surface area contributed by atoms with Gasteiger partial charge in [0.2, 0.25) is 5.91 Å². The molecule has 1 amide bonds. The third-order valence-electron chi connectivity index (χ3n) is 5.19. The first-order valence-corrected chi connectivity index (χ1v) is 9.31. The quantitative estimate of drug-likeness (QED) is 0.762. The molecule has 0 N–H and O–H groups in total. The van der Waals surface area contributed by atoms with Crippen LogP contribution in [-0.4, -0.2) is 49.6 Å². The second-order valence-corrected chi connectivity index (χ2v) is 6.89. The van der Waals surface area contributed by atoms with Crippen LogP contribution >= 0.6 is 0 Å². The lowest BCUT2D eigenvalue weighted by Gasteiger charge is -2.40. The van der Waals surface area contributed by atoms with Crippen LogP contribution in [0, 0.1) is 0 Å². The summed E-state index contributed by atoms with van der Waals surface area (Å²) < 4.78 is 5.12. The average molecular weight is 352 g/mol. The molecule has 1 aliphatic rings. The second-order valence-electron chi connectivity index (χ2n) is 6.89. The van der Waals surface area contributed by atoms with E-state index in [0.717, 1.165) is 18.7 Å². The van der Waals surface area contributed by atoms with Crippen molar-refractivity contribution in [3.63, 3.8) is 0 Å². The molecule has 1 heterocycles. The van der Waals surface area contributed by atoms with Crippen LogP contribution in [0.15, 0.2) is 60.7 Å². The lowest BCUT2D eigenvalue weighted by atomic mass is 9.91. The number of likely N-dealkylation sites (tertiary alicyclic amines) is 1. The van der Waals surface area contributed by atoms with E-state index in [4.69, 9.17) is 4.74 Å². The van der Waals surface area contributed by atoms with Gasteiger partial charge in [-0.3, -0.25) is 9.69 Å². The van der Waals surface area contributed by atoms with Crippen molar-refractivity contribution in [2.45, 2.75) is 24.9 Å². The molecule has 3 rings (SSSR count). The number of carbonyl (C=O) groups is 1. The maximum atomic E-state index is 12.7. The van der Waals surface area contributed by atoms with E-state index in [-0.39, 0.29) is 24.6 Å². The van der Waals surface area contributed by atoms with Crippen molar-refractivity contribution in [1.29, 1.82) is 0 Å². The van der Waals surface area contributed by atoms with Crippen LogP contribution in [0.2, 0.25) is 0 Å². The summed E-state index contributed by atoms with van der Waals surface area (Å²) in [5, 5.41) is 0. The van der Waals surface area contributed by atoms with E-state index in [9.17, 15) is 4.79 Å². The highest BCUT2D eigenvalue weighted by Crippen LogP contribution is 2.39. The number of rotatable bonds is 7. The van der Waals surface area contributed by atoms with Gasteiger partial charge in [0.1, 0.15) is 6.61 Å². The van der Waals surface area contributed by atoms with Crippen molar-refractivity contribution in [2.75, 3.05) is 33.9 Å². The Balaban J connectivity index is 2.05. The standard InChI is InChI=1S/C22H28N2O2/c1-23(20(25)17-26-2)21(18-11-5-3-6-12-18)22(24-15-9-10-16-24)19-13-7-4-8-14-19/h3-8,11-14,21-22H,9-10,15-17H2,1-2H3/t21-,22?/m0/s1. The molecule has 1 aliphatic heterocycles. The fourth-order valence-electron chi connectivity index (χ4n) is 3.91. The first kappa shape index (κ1) is 18.6. The average Bonchev–Trinajstić information content (AvgIpc) is 3.21. The van der Waals surface area contributed by atoms with E-state index >= 15 is 0 Å². The molecule has 0 aliphatic carbocycles. The number of hydrogen-bond donors (Lipinski definition) is 0. The molecular weight excluding hydrogens is 324 g/mol. The van der Waals surface area contributed by atoms with Crippen molar-refractivity contribution < 1.29 is 9.53 Å². The van der Waals surface area contributed by atoms with Gasteiger partial charge >= 0.3 is 0 Å². The van der Waals surface area contributed by atoms with Crippen molar-refractivity contribution >= 4 is 5.91 Å². The third-order valence-corrected chi connectivity index (χ3v) is 5.19. The number of carbonyl (C=O) groups excluding carboxylic acids is 1. The number of methoxy groups -OCH3 is 1. The van der Waals surface area contributed by atoms with Crippen molar-refractivity contribution in [3.8, 4) is 0 Å². The van der Waals surface area contributed by atoms with Gasteiger partial charge in [0.15, 0.2) is 0 Å². The Bertz CT molecular complexity index is 684. The fraction of sp³-hybridized carbons (Fsp3) is 0.409. The lowest BCUT2D eigenvalue weighted by molar-refractivity contribution is -0.137. The van der Waals surface area contributed by atoms with Gasteiger partial charge < -0.3 is 9.64 Å². The minimum Gasteiger partial charge on any atom is -0.375 e. The van der Waals surface area contributed by atoms with Crippen LogP contribution in [0.3, 0.4) is 0 Å². The number of benzene rings is 2. The maximum absolute atomic E-state index is 12.7. The van der Waals surface area contributed by atoms with Gasteiger partial charge in [-0.1, -0.05) is 60.7 Å². The van der Waals surface area contributed by atoms with Gasteiger partial charge in [-0.25, -0.2) is 0 Å². The van der Waals surface area contributed by atoms with Gasteiger partial charge in [-0.2, -0.15) is 0 Å². The summed E-state index contributed by atoms with van der Waals surface area (Å²) in [6, 6.07) is 21.0. The number of ether oxygens (including phenoxy) is 1. The molecule has 0 bridgehead atoms. The Kier molecular flexibility index (Phi) is 6.42. The monoisotopic (exact) mass is 352 g/mol. The topological polar surface area (TPSA) is 32.8 Å². The molecule has 1 fully saturated rings. The summed E-state index contributed by atoms with van der Waals surface area (Å²) in [4.78, 5) is 17.1. The molecule has 1 saturated heterocycles. The first-order chi connectivity index (χ1) is 12.7. The van der Waals surface area contributed by atoms with Gasteiger partial charge in [0.05, 0.1) is 12.1 Å². The SMILES string of the molecule is COCC(=O)N(C)[C@@H](c1ccccc1)C(c1ccccc1)N1CCCC1. The molecule has 0 spiro atoms. The molecule has 0 aromatic heterocycles. The van der Waals surface area contributed by atoms with Crippen LogP contribution in [-0.2, 0) is 9.53 Å². The first-order valence-electron chi connectivity index (χ1n) is 9.31. The van der Waals surface area contributed by atoms with Crippen molar-refractivity contribution in [2.24, 2.45) is 0 Å². The van der Waals surface area contributed by atoms with Crippen LogP contribution in [0.25, 0.3) is 0 Å². The Labute approximate surface area is 156 Å². The molecule has 0 saturated carbocycles. The molecule has 0 radical (unpaired) electrons. The van der Waals surface area contributed by atoms with Crippen LogP contribution < -0.4 is 0 Å². The lowest BCUT2D eigenvalue weighted by Crippen LogP contribution is -2.42. The summed E-state index contributed by atoms with van der Waals surface area (Å²) >= 11 is 0. The van der Waals surface area contributed by atoms with E-state index in [1.807, 2.05) is 36.2 Å². The summed E-state index contributed by atoms with van der Waals surface area (Å²) in [5.41, 5.74) is 2.40. The maximum Gasteiger partial charge on any atom is 0.248 e. The number of amides is 1. The Morgan fingerprint density at radius 3 is 2.08 bits per heavy atom. The van der Waals surface area contributed by atoms with E-state index < -0.39 is 0 Å². The predicted octanol–water partition coefficient (Wildman–Crippen LogP) is 3.67. The highest BCUT2D eigenvalue weighted by atomic mass is 16.5. The zero-order chi connectivity index (χ0) is 18.4. The normalized spacial score (nSPS) is 17.0. The summed E-state index contributed by atoms with van der Waals surface area (Å²) in [6.07, 6.45) is 2.42. The van der Waals surface area contributed by atoms with Gasteiger partial charge in [0.25, 0.3) is 0 Å². The van der Waals surface area contributed by atoms with Crippen LogP contribution in [0.1, 0.15) is 36.1 Å². The molecule has 2 aromatic carbocycles. The minimum atomic E-state index is -0.0562. The van der Waals surface area contributed by atoms with E-state index in [1.54, 1.807) is 7.11 Å². The second kappa shape index (κ2) is 8.97. The van der Waals surface area contributed by atoms with E-state index in [2.05, 4.69) is 41.3 Å². The molecule has 2 atom stereocenters. The Hall–Kier alpha value is -2.17. The highest BCUT2D eigenvalue weighted by Gasteiger charge is 2.35. The molecule has 138 valence electrons. The van der Waals surface area contributed by atoms with Crippen molar-refractivity contribution in [1.82, 2.24) is 9.80 Å². The van der Waals surface area contributed by atoms with Gasteiger partial charge in [0, 0.05) is 14.2 Å². The molecule has 26 heavy (non-hydrogen) atoms. The number of likely N-dealkylation sites (N-methyl/N-ethyl adjacent to an activating group) is 1. The zero-order valence-electron chi connectivity index (χ0n) is 15.7. The summed E-state index contributed by atoms with van der Waals surface area (Å²) in [6.45, 7) is 2.23. The molecule has 4 heteroatoms. The highest BCUT2D eigenvalue weighted by molar-refractivity contribution is 5.77. The van der Waals surface area contributed by atoms with Gasteiger partial charge in [-0.15, -0.1) is 0 Å². The fourth-order valence-corrected chi connectivity index (χ4v) is 3.91. The summed E-state index contributed by atoms with van der Waals surface area (Å²) in [7, 11) is 3.46. The van der Waals surface area contributed by atoms with E-state index in [1.165, 1.54) is 18.4 Å². The zero-order valence-corrected chi connectivity index (χ0v) is 15.7. The minimum absolute atomic E-state index is 0.00137. The summed E-state index contributed by atoms with van der Waals surface area (Å²) in [5.74, 6) is 0.00137. The Morgan fingerprint density at radius 2 is 1.54 bits per heavy atom.